The van der Waals surface area contributed by atoms with Gasteiger partial charge in [0.2, 0.25) is 0 Å². The molecule has 0 bridgehead atoms. The van der Waals surface area contributed by atoms with Gasteiger partial charge >= 0.3 is 0 Å². The summed E-state index contributed by atoms with van der Waals surface area (Å²) in [5.41, 5.74) is 0.711. The second kappa shape index (κ2) is 2.89. The van der Waals surface area contributed by atoms with Crippen LogP contribution in [0.4, 0.5) is 0 Å². The maximum atomic E-state index is 9.97. The first kappa shape index (κ1) is 9.34. The SMILES string of the molecule is COc1ccc(C)c(C2(O)CC2)c1O. The molecule has 0 radical (unpaired) electrons. The van der Waals surface area contributed by atoms with Crippen molar-refractivity contribution in [3.05, 3.63) is 23.3 Å². The Hall–Kier alpha value is -1.22. The van der Waals surface area contributed by atoms with E-state index in [9.17, 15) is 10.2 Å². The number of ether oxygens (including phenoxy) is 1. The van der Waals surface area contributed by atoms with Gasteiger partial charge in [-0.1, -0.05) is 6.07 Å². The number of methoxy groups -OCH3 is 1. The van der Waals surface area contributed by atoms with Gasteiger partial charge in [0.25, 0.3) is 0 Å². The number of phenols is 1. The van der Waals surface area contributed by atoms with Gasteiger partial charge in [-0.2, -0.15) is 0 Å². The lowest BCUT2D eigenvalue weighted by Gasteiger charge is -2.15. The molecular weight excluding hydrogens is 180 g/mol. The summed E-state index contributed by atoms with van der Waals surface area (Å²) in [5.74, 6) is 0.499. The molecule has 1 aliphatic carbocycles. The van der Waals surface area contributed by atoms with Crippen molar-refractivity contribution in [3.63, 3.8) is 0 Å². The van der Waals surface area contributed by atoms with Crippen LogP contribution < -0.4 is 4.74 Å². The van der Waals surface area contributed by atoms with Crippen molar-refractivity contribution in [1.29, 1.82) is 0 Å². The molecule has 3 heteroatoms. The topological polar surface area (TPSA) is 49.7 Å². The first-order valence-electron chi connectivity index (χ1n) is 4.68. The van der Waals surface area contributed by atoms with Gasteiger partial charge in [-0.15, -0.1) is 0 Å². The standard InChI is InChI=1S/C11H14O3/c1-7-3-4-8(14-2)10(12)9(7)11(13)5-6-11/h3-4,12-13H,5-6H2,1-2H3. The predicted molar refractivity (Wildman–Crippen MR) is 52.5 cm³/mol. The number of rotatable bonds is 2. The molecular formula is C11H14O3. The van der Waals surface area contributed by atoms with E-state index in [1.807, 2.05) is 13.0 Å². The Labute approximate surface area is 83.0 Å². The second-order valence-electron chi connectivity index (χ2n) is 3.84. The molecule has 0 aromatic heterocycles. The predicted octanol–water partition coefficient (Wildman–Crippen LogP) is 1.69. The summed E-state index contributed by atoms with van der Waals surface area (Å²) in [5, 5.41) is 19.8. The molecule has 0 atom stereocenters. The van der Waals surface area contributed by atoms with Crippen LogP contribution in [-0.4, -0.2) is 17.3 Å². The molecule has 2 N–H and O–H groups in total. The Morgan fingerprint density at radius 3 is 2.50 bits per heavy atom. The van der Waals surface area contributed by atoms with E-state index in [2.05, 4.69) is 0 Å². The Morgan fingerprint density at radius 1 is 1.36 bits per heavy atom. The van der Waals surface area contributed by atoms with Crippen LogP contribution in [0.3, 0.4) is 0 Å². The van der Waals surface area contributed by atoms with Gasteiger partial charge in [0, 0.05) is 5.56 Å². The molecule has 1 aliphatic rings. The summed E-state index contributed by atoms with van der Waals surface area (Å²) in [7, 11) is 1.51. The fraction of sp³-hybridized carbons (Fsp3) is 0.455. The van der Waals surface area contributed by atoms with E-state index >= 15 is 0 Å². The lowest BCUT2D eigenvalue weighted by Crippen LogP contribution is -2.07. The Kier molecular flexibility index (Phi) is 1.93. The lowest BCUT2D eigenvalue weighted by atomic mass is 10.00. The number of aryl methyl sites for hydroxylation is 1. The van der Waals surface area contributed by atoms with Crippen LogP contribution in [0.25, 0.3) is 0 Å². The zero-order valence-electron chi connectivity index (χ0n) is 8.37. The highest BCUT2D eigenvalue weighted by Gasteiger charge is 2.45. The molecule has 14 heavy (non-hydrogen) atoms. The van der Waals surface area contributed by atoms with Crippen molar-refractivity contribution in [1.82, 2.24) is 0 Å². The molecule has 2 rings (SSSR count). The Balaban J connectivity index is 2.56. The van der Waals surface area contributed by atoms with E-state index in [-0.39, 0.29) is 5.75 Å². The van der Waals surface area contributed by atoms with Gasteiger partial charge in [-0.05, 0) is 31.4 Å². The summed E-state index contributed by atoms with van der Waals surface area (Å²) < 4.78 is 5.00. The van der Waals surface area contributed by atoms with Crippen molar-refractivity contribution in [2.75, 3.05) is 7.11 Å². The monoisotopic (exact) mass is 194 g/mol. The highest BCUT2D eigenvalue weighted by Crippen LogP contribution is 2.51. The highest BCUT2D eigenvalue weighted by molar-refractivity contribution is 5.53. The van der Waals surface area contributed by atoms with Crippen molar-refractivity contribution >= 4 is 0 Å². The van der Waals surface area contributed by atoms with Crippen LogP contribution in [0.5, 0.6) is 11.5 Å². The average Bonchev–Trinajstić information content (AvgIpc) is 2.85. The maximum absolute atomic E-state index is 9.97. The molecule has 0 aliphatic heterocycles. The third-order valence-corrected chi connectivity index (χ3v) is 2.76. The highest BCUT2D eigenvalue weighted by atomic mass is 16.5. The van der Waals surface area contributed by atoms with Gasteiger partial charge in [0.15, 0.2) is 11.5 Å². The van der Waals surface area contributed by atoms with E-state index in [0.717, 1.165) is 5.56 Å². The summed E-state index contributed by atoms with van der Waals surface area (Å²) >= 11 is 0. The minimum Gasteiger partial charge on any atom is -0.504 e. The van der Waals surface area contributed by atoms with E-state index in [4.69, 9.17) is 4.74 Å². The molecule has 1 saturated carbocycles. The summed E-state index contributed by atoms with van der Waals surface area (Å²) in [6.07, 6.45) is 1.43. The fourth-order valence-corrected chi connectivity index (χ4v) is 1.79. The van der Waals surface area contributed by atoms with E-state index in [1.165, 1.54) is 7.11 Å². The minimum absolute atomic E-state index is 0.0764. The molecule has 0 saturated heterocycles. The van der Waals surface area contributed by atoms with Gasteiger partial charge in [0.1, 0.15) is 0 Å². The fourth-order valence-electron chi connectivity index (χ4n) is 1.79. The zero-order valence-corrected chi connectivity index (χ0v) is 8.37. The number of hydrogen-bond donors (Lipinski definition) is 2. The van der Waals surface area contributed by atoms with Gasteiger partial charge < -0.3 is 14.9 Å². The summed E-state index contributed by atoms with van der Waals surface area (Å²) in [6, 6.07) is 3.56. The number of aromatic hydroxyl groups is 1. The van der Waals surface area contributed by atoms with E-state index < -0.39 is 5.60 Å². The molecule has 3 nitrogen and oxygen atoms in total. The molecule has 0 amide bonds. The number of hydrogen-bond acceptors (Lipinski definition) is 3. The van der Waals surface area contributed by atoms with E-state index in [1.54, 1.807) is 6.07 Å². The van der Waals surface area contributed by atoms with Crippen molar-refractivity contribution in [2.24, 2.45) is 0 Å². The lowest BCUT2D eigenvalue weighted by molar-refractivity contribution is 0.146. The first-order valence-corrected chi connectivity index (χ1v) is 4.68. The van der Waals surface area contributed by atoms with Crippen LogP contribution in [0.2, 0.25) is 0 Å². The normalized spacial score (nSPS) is 17.9. The van der Waals surface area contributed by atoms with Crippen LogP contribution in [0.1, 0.15) is 24.0 Å². The van der Waals surface area contributed by atoms with Crippen molar-refractivity contribution < 1.29 is 14.9 Å². The van der Waals surface area contributed by atoms with Gasteiger partial charge in [-0.25, -0.2) is 0 Å². The Morgan fingerprint density at radius 2 is 2.00 bits per heavy atom. The van der Waals surface area contributed by atoms with Crippen LogP contribution >= 0.6 is 0 Å². The maximum Gasteiger partial charge on any atom is 0.164 e. The Bertz CT molecular complexity index is 367. The molecule has 1 fully saturated rings. The minimum atomic E-state index is -0.817. The summed E-state index contributed by atoms with van der Waals surface area (Å²) in [4.78, 5) is 0. The third-order valence-electron chi connectivity index (χ3n) is 2.76. The number of benzene rings is 1. The number of phenolic OH excluding ortho intramolecular Hbond substituents is 1. The van der Waals surface area contributed by atoms with Crippen LogP contribution in [0, 0.1) is 6.92 Å². The molecule has 0 spiro atoms. The molecule has 1 aromatic carbocycles. The van der Waals surface area contributed by atoms with Gasteiger partial charge in [0.05, 0.1) is 12.7 Å². The third kappa shape index (κ3) is 1.24. The van der Waals surface area contributed by atoms with Crippen molar-refractivity contribution in [3.8, 4) is 11.5 Å². The zero-order chi connectivity index (χ0) is 10.3. The number of aliphatic hydroxyl groups is 1. The van der Waals surface area contributed by atoms with Crippen LogP contribution in [-0.2, 0) is 5.60 Å². The molecule has 0 unspecified atom stereocenters. The second-order valence-corrected chi connectivity index (χ2v) is 3.84. The molecule has 0 heterocycles. The molecule has 1 aromatic rings. The van der Waals surface area contributed by atoms with Crippen molar-refractivity contribution in [2.45, 2.75) is 25.4 Å². The van der Waals surface area contributed by atoms with Gasteiger partial charge in [-0.3, -0.25) is 0 Å². The summed E-state index contributed by atoms with van der Waals surface area (Å²) in [6.45, 7) is 1.88. The quantitative estimate of drug-likeness (QED) is 0.753. The first-order chi connectivity index (χ1) is 6.58. The average molecular weight is 194 g/mol. The van der Waals surface area contributed by atoms with Crippen LogP contribution in [0.15, 0.2) is 12.1 Å². The molecule has 76 valence electrons. The largest absolute Gasteiger partial charge is 0.504 e. The van der Waals surface area contributed by atoms with E-state index in [0.29, 0.717) is 24.2 Å². The smallest absolute Gasteiger partial charge is 0.164 e.